The number of aromatic nitrogens is 2. The average Bonchev–Trinajstić information content (AvgIpc) is 2.79. The molecule has 0 atom stereocenters. The highest BCUT2D eigenvalue weighted by Crippen LogP contribution is 2.29. The monoisotopic (exact) mass is 327 g/mol. The first kappa shape index (κ1) is 14.0. The van der Waals surface area contributed by atoms with Crippen molar-refractivity contribution in [2.75, 3.05) is 5.32 Å². The van der Waals surface area contributed by atoms with Gasteiger partial charge in [0.25, 0.3) is 0 Å². The zero-order chi connectivity index (χ0) is 14.0. The van der Waals surface area contributed by atoms with Crippen molar-refractivity contribution in [1.29, 1.82) is 0 Å². The molecule has 4 nitrogen and oxygen atoms in total. The number of nitrogens with zero attached hydrogens (tertiary/aromatic N) is 1. The third-order valence-electron chi connectivity index (χ3n) is 3.21. The average molecular weight is 328 g/mol. The first-order valence-electron chi connectivity index (χ1n) is 6.20. The fourth-order valence-electron chi connectivity index (χ4n) is 2.03. The number of anilines is 1. The molecule has 0 aliphatic carbocycles. The molecule has 0 aliphatic rings. The van der Waals surface area contributed by atoms with Gasteiger partial charge in [-0.25, -0.2) is 9.37 Å². The van der Waals surface area contributed by atoms with Crippen molar-refractivity contribution >= 4 is 38.6 Å². The van der Waals surface area contributed by atoms with Crippen LogP contribution in [0.2, 0.25) is 0 Å². The number of halogens is 2. The molecule has 0 saturated heterocycles. The number of carbonyl (C=O) groups is 1. The Morgan fingerprint density at radius 2 is 2.21 bits per heavy atom. The van der Waals surface area contributed by atoms with E-state index in [0.717, 1.165) is 12.8 Å². The summed E-state index contributed by atoms with van der Waals surface area (Å²) in [6.07, 6.45) is 4.47. The number of aromatic amines is 1. The number of H-pyrrole nitrogens is 1. The molecule has 0 bridgehead atoms. The molecule has 2 aromatic rings. The van der Waals surface area contributed by atoms with Crippen LogP contribution in [0.4, 0.5) is 10.1 Å². The topological polar surface area (TPSA) is 57.8 Å². The Balaban J connectivity index is 2.36. The number of rotatable bonds is 4. The van der Waals surface area contributed by atoms with Gasteiger partial charge in [0.05, 0.1) is 15.5 Å². The van der Waals surface area contributed by atoms with Gasteiger partial charge in [-0.05, 0) is 28.8 Å². The number of amides is 1. The molecule has 0 aliphatic heterocycles. The van der Waals surface area contributed by atoms with Crippen LogP contribution < -0.4 is 5.32 Å². The summed E-state index contributed by atoms with van der Waals surface area (Å²) in [4.78, 5) is 18.9. The number of carbonyl (C=O) groups excluding carboxylic acids is 1. The maximum absolute atomic E-state index is 14.0. The Morgan fingerprint density at radius 1 is 1.53 bits per heavy atom. The van der Waals surface area contributed by atoms with E-state index >= 15 is 0 Å². The first-order valence-corrected chi connectivity index (χ1v) is 6.99. The summed E-state index contributed by atoms with van der Waals surface area (Å²) in [5.41, 5.74) is 0.846. The van der Waals surface area contributed by atoms with Crippen LogP contribution in [0.15, 0.2) is 16.9 Å². The lowest BCUT2D eigenvalue weighted by atomic mass is 10.0. The summed E-state index contributed by atoms with van der Waals surface area (Å²) in [5.74, 6) is -0.579. The lowest BCUT2D eigenvalue weighted by molar-refractivity contribution is -0.120. The molecule has 6 heteroatoms. The fourth-order valence-corrected chi connectivity index (χ4v) is 2.33. The van der Waals surface area contributed by atoms with Crippen molar-refractivity contribution in [3.63, 3.8) is 0 Å². The Kier molecular flexibility index (Phi) is 4.19. The van der Waals surface area contributed by atoms with Crippen LogP contribution >= 0.6 is 15.9 Å². The summed E-state index contributed by atoms with van der Waals surface area (Å²) < 4.78 is 14.3. The van der Waals surface area contributed by atoms with Gasteiger partial charge >= 0.3 is 0 Å². The number of hydrogen-bond acceptors (Lipinski definition) is 2. The largest absolute Gasteiger partial charge is 0.344 e. The van der Waals surface area contributed by atoms with E-state index < -0.39 is 5.82 Å². The van der Waals surface area contributed by atoms with Crippen LogP contribution in [-0.2, 0) is 4.79 Å². The van der Waals surface area contributed by atoms with Gasteiger partial charge in [-0.1, -0.05) is 13.8 Å². The molecule has 0 fully saturated rings. The second-order valence-corrected chi connectivity index (χ2v) is 5.20. The van der Waals surface area contributed by atoms with Gasteiger partial charge < -0.3 is 10.3 Å². The predicted octanol–water partition coefficient (Wildman–Crippen LogP) is 3.84. The van der Waals surface area contributed by atoms with Gasteiger partial charge in [-0.2, -0.15) is 0 Å². The van der Waals surface area contributed by atoms with Crippen molar-refractivity contribution in [3.8, 4) is 0 Å². The van der Waals surface area contributed by atoms with Crippen LogP contribution in [0.1, 0.15) is 26.7 Å². The highest BCUT2D eigenvalue weighted by molar-refractivity contribution is 9.10. The molecule has 2 rings (SSSR count). The summed E-state index contributed by atoms with van der Waals surface area (Å²) in [6.45, 7) is 3.92. The molecular weight excluding hydrogens is 313 g/mol. The number of pyridine rings is 1. The van der Waals surface area contributed by atoms with Crippen molar-refractivity contribution in [2.24, 2.45) is 5.92 Å². The van der Waals surface area contributed by atoms with Crippen LogP contribution in [0.3, 0.4) is 0 Å². The quantitative estimate of drug-likeness (QED) is 0.896. The summed E-state index contributed by atoms with van der Waals surface area (Å²) in [6, 6.07) is 0. The third-order valence-corrected chi connectivity index (χ3v) is 3.76. The van der Waals surface area contributed by atoms with Crippen LogP contribution in [0.5, 0.6) is 0 Å². The SMILES string of the molecule is CCC(CC)C(=O)Nc1c[nH]c2ncc(Br)c(F)c12. The van der Waals surface area contributed by atoms with Gasteiger partial charge in [0.1, 0.15) is 5.65 Å². The second-order valence-electron chi connectivity index (χ2n) is 4.35. The highest BCUT2D eigenvalue weighted by Gasteiger charge is 2.18. The maximum Gasteiger partial charge on any atom is 0.227 e. The molecule has 1 amide bonds. The molecule has 0 radical (unpaired) electrons. The zero-order valence-electron chi connectivity index (χ0n) is 10.8. The molecule has 102 valence electrons. The normalized spacial score (nSPS) is 11.2. The number of nitrogens with one attached hydrogen (secondary N) is 2. The van der Waals surface area contributed by atoms with E-state index in [9.17, 15) is 9.18 Å². The van der Waals surface area contributed by atoms with E-state index in [1.54, 1.807) is 6.20 Å². The van der Waals surface area contributed by atoms with Crippen molar-refractivity contribution < 1.29 is 9.18 Å². The summed E-state index contributed by atoms with van der Waals surface area (Å²) >= 11 is 3.09. The van der Waals surface area contributed by atoms with Crippen molar-refractivity contribution in [2.45, 2.75) is 26.7 Å². The fraction of sp³-hybridized carbons (Fsp3) is 0.385. The minimum Gasteiger partial charge on any atom is -0.344 e. The first-order chi connectivity index (χ1) is 9.08. The Bertz CT molecular complexity index is 607. The summed E-state index contributed by atoms with van der Waals surface area (Å²) in [7, 11) is 0. The van der Waals surface area contributed by atoms with Crippen molar-refractivity contribution in [1.82, 2.24) is 9.97 Å². The van der Waals surface area contributed by atoms with E-state index in [0.29, 0.717) is 16.7 Å². The van der Waals surface area contributed by atoms with Crippen LogP contribution in [0.25, 0.3) is 11.0 Å². The minimum atomic E-state index is -0.425. The lowest BCUT2D eigenvalue weighted by Crippen LogP contribution is -2.21. The molecule has 2 N–H and O–H groups in total. The predicted molar refractivity (Wildman–Crippen MR) is 76.5 cm³/mol. The molecule has 0 unspecified atom stereocenters. The minimum absolute atomic E-state index is 0.0619. The van der Waals surface area contributed by atoms with E-state index in [-0.39, 0.29) is 16.3 Å². The summed E-state index contributed by atoms with van der Waals surface area (Å²) in [5, 5.41) is 3.06. The zero-order valence-corrected chi connectivity index (χ0v) is 12.3. The van der Waals surface area contributed by atoms with Crippen LogP contribution in [0, 0.1) is 11.7 Å². The van der Waals surface area contributed by atoms with Gasteiger partial charge in [0.2, 0.25) is 5.91 Å². The van der Waals surface area contributed by atoms with E-state index in [1.807, 2.05) is 13.8 Å². The lowest BCUT2D eigenvalue weighted by Gasteiger charge is -2.12. The number of fused-ring (bicyclic) bond motifs is 1. The maximum atomic E-state index is 14.0. The van der Waals surface area contributed by atoms with Gasteiger partial charge in [0, 0.05) is 18.3 Å². The Morgan fingerprint density at radius 3 is 2.84 bits per heavy atom. The second kappa shape index (κ2) is 5.69. The molecule has 2 heterocycles. The number of hydrogen-bond donors (Lipinski definition) is 2. The van der Waals surface area contributed by atoms with Gasteiger partial charge in [-0.3, -0.25) is 4.79 Å². The standard InChI is InChI=1S/C13H15BrFN3O/c1-3-7(4-2)13(19)18-9-6-17-12-10(9)11(15)8(14)5-16-12/h5-7H,3-4H2,1-2H3,(H,16,17)(H,18,19). The third kappa shape index (κ3) is 2.63. The van der Waals surface area contributed by atoms with Crippen LogP contribution in [-0.4, -0.2) is 15.9 Å². The highest BCUT2D eigenvalue weighted by atomic mass is 79.9. The molecule has 2 aromatic heterocycles. The Labute approximate surface area is 118 Å². The van der Waals surface area contributed by atoms with E-state index in [2.05, 4.69) is 31.2 Å². The van der Waals surface area contributed by atoms with Crippen molar-refractivity contribution in [3.05, 3.63) is 22.7 Å². The van der Waals surface area contributed by atoms with Gasteiger partial charge in [0.15, 0.2) is 5.82 Å². The van der Waals surface area contributed by atoms with E-state index in [4.69, 9.17) is 0 Å². The molecule has 19 heavy (non-hydrogen) atoms. The molecule has 0 aromatic carbocycles. The van der Waals surface area contributed by atoms with Gasteiger partial charge in [-0.15, -0.1) is 0 Å². The van der Waals surface area contributed by atoms with E-state index in [1.165, 1.54) is 6.20 Å². The molecular formula is C13H15BrFN3O. The Hall–Kier alpha value is -1.43. The molecule has 0 spiro atoms. The molecule has 0 saturated carbocycles. The smallest absolute Gasteiger partial charge is 0.227 e.